The number of fused-ring (bicyclic) bond motifs is 1. The van der Waals surface area contributed by atoms with E-state index in [1.807, 2.05) is 6.07 Å². The highest BCUT2D eigenvalue weighted by Gasteiger charge is 2.24. The van der Waals surface area contributed by atoms with Gasteiger partial charge in [0.2, 0.25) is 15.9 Å². The third-order valence-electron chi connectivity index (χ3n) is 4.34. The Morgan fingerprint density at radius 3 is 2.52 bits per heavy atom. The number of aryl methyl sites for hydroxylation is 1. The highest BCUT2D eigenvalue weighted by molar-refractivity contribution is 7.92. The average molecular weight is 416 g/mol. The maximum atomic E-state index is 12.4. The van der Waals surface area contributed by atoms with Crippen LogP contribution < -0.4 is 9.04 Å². The quantitative estimate of drug-likeness (QED) is 0.621. The van der Waals surface area contributed by atoms with Crippen molar-refractivity contribution in [3.8, 4) is 11.6 Å². The summed E-state index contributed by atoms with van der Waals surface area (Å²) in [5, 5.41) is 18.4. The molecule has 9 nitrogen and oxygen atoms in total. The Balaban J connectivity index is 1.92. The Bertz CT molecular complexity index is 1200. The van der Waals surface area contributed by atoms with Crippen LogP contribution in [0.2, 0.25) is 0 Å². The second-order valence-corrected chi connectivity index (χ2v) is 8.19. The molecule has 10 heteroatoms. The van der Waals surface area contributed by atoms with Gasteiger partial charge >= 0.3 is 0 Å². The number of aromatic nitrogens is 1. The van der Waals surface area contributed by atoms with Crippen LogP contribution in [0, 0.1) is 0 Å². The Morgan fingerprint density at radius 1 is 1.17 bits per heavy atom. The van der Waals surface area contributed by atoms with Crippen LogP contribution in [0.25, 0.3) is 10.9 Å². The van der Waals surface area contributed by atoms with Crippen molar-refractivity contribution in [2.24, 2.45) is 17.3 Å². The van der Waals surface area contributed by atoms with Gasteiger partial charge in [0, 0.05) is 12.4 Å². The van der Waals surface area contributed by atoms with Crippen molar-refractivity contribution in [3.05, 3.63) is 48.5 Å². The molecule has 152 valence electrons. The molecule has 3 aromatic rings. The molecule has 0 spiro atoms. The first-order valence-electron chi connectivity index (χ1n) is 8.55. The number of carbonyl (C=O) groups excluding carboxylic acids is 1. The average Bonchev–Trinajstić information content (AvgIpc) is 2.94. The number of ether oxygens (including phenoxy) is 1. The van der Waals surface area contributed by atoms with Gasteiger partial charge in [0.25, 0.3) is 5.91 Å². The van der Waals surface area contributed by atoms with Crippen molar-refractivity contribution in [2.75, 3.05) is 24.2 Å². The molecule has 0 bridgehead atoms. The molecule has 0 atom stereocenters. The SMILES string of the molecule is COc1ccccc1N(CC(=O)N=Nc1c(O)n(C)c2ccccc12)S(C)(=O)=O. The lowest BCUT2D eigenvalue weighted by Crippen LogP contribution is -2.34. The summed E-state index contributed by atoms with van der Waals surface area (Å²) in [5.74, 6) is -0.643. The number of hydrogen-bond donors (Lipinski definition) is 1. The number of aromatic hydroxyl groups is 1. The zero-order valence-corrected chi connectivity index (χ0v) is 16.9. The summed E-state index contributed by atoms with van der Waals surface area (Å²) in [6.07, 6.45) is 0.987. The molecule has 2 aromatic carbocycles. The normalized spacial score (nSPS) is 11.8. The maximum Gasteiger partial charge on any atom is 0.285 e. The third kappa shape index (κ3) is 4.06. The van der Waals surface area contributed by atoms with Crippen molar-refractivity contribution in [1.29, 1.82) is 0 Å². The van der Waals surface area contributed by atoms with E-state index >= 15 is 0 Å². The summed E-state index contributed by atoms with van der Waals surface area (Å²) < 4.78 is 32.1. The van der Waals surface area contributed by atoms with Gasteiger partial charge in [-0.05, 0) is 18.2 Å². The molecule has 1 heterocycles. The molecule has 0 unspecified atom stereocenters. The van der Waals surface area contributed by atoms with Crippen LogP contribution in [0.1, 0.15) is 0 Å². The van der Waals surface area contributed by atoms with Crippen molar-refractivity contribution in [1.82, 2.24) is 4.57 Å². The zero-order valence-electron chi connectivity index (χ0n) is 16.1. The topological polar surface area (TPSA) is 114 Å². The van der Waals surface area contributed by atoms with E-state index in [0.29, 0.717) is 11.1 Å². The number of rotatable bonds is 6. The summed E-state index contributed by atoms with van der Waals surface area (Å²) in [6.45, 7) is -0.561. The van der Waals surface area contributed by atoms with E-state index in [-0.39, 0.29) is 17.3 Å². The minimum atomic E-state index is -3.79. The first-order chi connectivity index (χ1) is 13.7. The summed E-state index contributed by atoms with van der Waals surface area (Å²) in [4.78, 5) is 12.4. The molecule has 1 N–H and O–H groups in total. The van der Waals surface area contributed by atoms with E-state index in [9.17, 15) is 18.3 Å². The molecule has 0 saturated carbocycles. The lowest BCUT2D eigenvalue weighted by atomic mass is 10.2. The fourth-order valence-electron chi connectivity index (χ4n) is 2.94. The Labute approximate surface area is 167 Å². The van der Waals surface area contributed by atoms with Gasteiger partial charge in [-0.1, -0.05) is 30.3 Å². The summed E-state index contributed by atoms with van der Waals surface area (Å²) in [5.41, 5.74) is 1.08. The number of anilines is 1. The van der Waals surface area contributed by atoms with Crippen molar-refractivity contribution < 1.29 is 23.1 Å². The summed E-state index contributed by atoms with van der Waals surface area (Å²) in [6, 6.07) is 13.6. The monoisotopic (exact) mass is 416 g/mol. The van der Waals surface area contributed by atoms with Crippen molar-refractivity contribution >= 4 is 38.2 Å². The molecule has 1 aromatic heterocycles. The molecule has 29 heavy (non-hydrogen) atoms. The molecule has 0 aliphatic carbocycles. The number of amides is 1. The minimum absolute atomic E-state index is 0.139. The number of methoxy groups -OCH3 is 1. The third-order valence-corrected chi connectivity index (χ3v) is 5.47. The van der Waals surface area contributed by atoms with Crippen LogP contribution in [0.4, 0.5) is 11.4 Å². The molecular weight excluding hydrogens is 396 g/mol. The molecule has 0 radical (unpaired) electrons. The highest BCUT2D eigenvalue weighted by atomic mass is 32.2. The van der Waals surface area contributed by atoms with E-state index in [0.717, 1.165) is 16.1 Å². The summed E-state index contributed by atoms with van der Waals surface area (Å²) in [7, 11) is -0.725. The molecular formula is C19H20N4O5S. The predicted octanol–water partition coefficient (Wildman–Crippen LogP) is 2.97. The fraction of sp³-hybridized carbons (Fsp3) is 0.211. The smallest absolute Gasteiger partial charge is 0.285 e. The van der Waals surface area contributed by atoms with Crippen LogP contribution >= 0.6 is 0 Å². The largest absolute Gasteiger partial charge is 0.495 e. The Morgan fingerprint density at radius 2 is 1.83 bits per heavy atom. The van der Waals surface area contributed by atoms with Crippen LogP contribution in [0.15, 0.2) is 58.8 Å². The van der Waals surface area contributed by atoms with Gasteiger partial charge in [-0.2, -0.15) is 0 Å². The zero-order chi connectivity index (χ0) is 21.2. The standard InChI is InChI=1S/C19H20N4O5S/c1-22-14-9-5-4-8-13(14)18(19(22)25)21-20-17(24)12-23(29(3,26)27)15-10-6-7-11-16(15)28-2/h4-11,25H,12H2,1-3H3. The Hall–Kier alpha value is -3.40. The number of benzene rings is 2. The lowest BCUT2D eigenvalue weighted by Gasteiger charge is -2.22. The molecule has 0 fully saturated rings. The highest BCUT2D eigenvalue weighted by Crippen LogP contribution is 2.37. The molecule has 0 aliphatic rings. The van der Waals surface area contributed by atoms with Gasteiger partial charge in [-0.3, -0.25) is 9.10 Å². The fourth-order valence-corrected chi connectivity index (χ4v) is 3.79. The van der Waals surface area contributed by atoms with E-state index in [1.165, 1.54) is 17.7 Å². The number of hydrogen-bond acceptors (Lipinski definition) is 6. The van der Waals surface area contributed by atoms with Crippen LogP contribution in [0.3, 0.4) is 0 Å². The number of para-hydroxylation sites is 3. The first-order valence-corrected chi connectivity index (χ1v) is 10.4. The first kappa shape index (κ1) is 20.3. The van der Waals surface area contributed by atoms with E-state index in [4.69, 9.17) is 4.74 Å². The maximum absolute atomic E-state index is 12.4. The summed E-state index contributed by atoms with van der Waals surface area (Å²) >= 11 is 0. The van der Waals surface area contributed by atoms with Crippen LogP contribution in [-0.2, 0) is 21.9 Å². The number of azo groups is 1. The van der Waals surface area contributed by atoms with Gasteiger partial charge < -0.3 is 14.4 Å². The van der Waals surface area contributed by atoms with Crippen LogP contribution in [0.5, 0.6) is 11.6 Å². The number of nitrogens with zero attached hydrogens (tertiary/aromatic N) is 4. The second-order valence-electron chi connectivity index (χ2n) is 6.28. The molecule has 0 aliphatic heterocycles. The molecule has 0 saturated heterocycles. The number of carbonyl (C=O) groups is 1. The van der Waals surface area contributed by atoms with Gasteiger partial charge in [-0.15, -0.1) is 10.2 Å². The van der Waals surface area contributed by atoms with E-state index in [2.05, 4.69) is 10.2 Å². The molecule has 1 amide bonds. The second kappa shape index (κ2) is 7.92. The van der Waals surface area contributed by atoms with Gasteiger partial charge in [0.05, 0.1) is 24.6 Å². The molecule has 3 rings (SSSR count). The van der Waals surface area contributed by atoms with Gasteiger partial charge in [-0.25, -0.2) is 8.42 Å². The van der Waals surface area contributed by atoms with Crippen molar-refractivity contribution in [3.63, 3.8) is 0 Å². The van der Waals surface area contributed by atoms with Gasteiger partial charge in [0.1, 0.15) is 12.3 Å². The van der Waals surface area contributed by atoms with E-state index in [1.54, 1.807) is 43.4 Å². The minimum Gasteiger partial charge on any atom is -0.495 e. The predicted molar refractivity (Wildman–Crippen MR) is 109 cm³/mol. The Kier molecular flexibility index (Phi) is 5.55. The van der Waals surface area contributed by atoms with E-state index < -0.39 is 22.5 Å². The van der Waals surface area contributed by atoms with Gasteiger partial charge in [0.15, 0.2) is 5.69 Å². The number of sulfonamides is 1. The lowest BCUT2D eigenvalue weighted by molar-refractivity contribution is -0.116. The van der Waals surface area contributed by atoms with Crippen molar-refractivity contribution in [2.45, 2.75) is 0 Å². The van der Waals surface area contributed by atoms with Crippen LogP contribution in [-0.4, -0.2) is 43.9 Å².